The number of likely N-dealkylation sites (tertiary alicyclic amines) is 1. The molecule has 0 aliphatic carbocycles. The average molecular weight is 1610 g/mol. The molecule has 0 saturated carbocycles. The Kier molecular flexibility index (Phi) is 56.1. The van der Waals surface area contributed by atoms with E-state index in [0.29, 0.717) is 75.8 Å². The van der Waals surface area contributed by atoms with E-state index < -0.39 is 54.6 Å². The molecule has 113 heavy (non-hydrogen) atoms. The van der Waals surface area contributed by atoms with Crippen molar-refractivity contribution in [1.82, 2.24) is 26.2 Å². The lowest BCUT2D eigenvalue weighted by Crippen LogP contribution is -2.45. The molecule has 1 fully saturated rings. The van der Waals surface area contributed by atoms with E-state index in [9.17, 15) is 65.1 Å². The third kappa shape index (κ3) is 52.3. The third-order valence-corrected chi connectivity index (χ3v) is 20.6. The van der Waals surface area contributed by atoms with Crippen LogP contribution in [0, 0.1) is 80.3 Å². The Bertz CT molecular complexity index is 2790. The number of amides is 3. The number of aliphatic hydroxyl groups is 9. The molecule has 2 aromatic rings. The predicted molar refractivity (Wildman–Crippen MR) is 468 cm³/mol. The van der Waals surface area contributed by atoms with Gasteiger partial charge >= 0.3 is 0 Å². The van der Waals surface area contributed by atoms with Gasteiger partial charge in [-0.05, 0) is 204 Å². The second kappa shape index (κ2) is 56.2. The molecule has 1 heterocycles. The van der Waals surface area contributed by atoms with E-state index in [1.165, 1.54) is 25.9 Å². The van der Waals surface area contributed by atoms with Gasteiger partial charge in [0.1, 0.15) is 17.3 Å². The number of hydrogen-bond acceptors (Lipinski definition) is 17. The van der Waals surface area contributed by atoms with Crippen LogP contribution in [0.15, 0.2) is 48.5 Å². The fraction of sp³-hybridized carbons (Fsp3) is 0.828. The van der Waals surface area contributed by atoms with Gasteiger partial charge in [-0.25, -0.2) is 0 Å². The van der Waals surface area contributed by atoms with Crippen molar-refractivity contribution in [1.29, 1.82) is 0 Å². The largest absolute Gasteiger partial charge is 0.497 e. The van der Waals surface area contributed by atoms with Crippen molar-refractivity contribution < 1.29 is 74.6 Å². The van der Waals surface area contributed by atoms with E-state index >= 15 is 0 Å². The summed E-state index contributed by atoms with van der Waals surface area (Å²) in [4.78, 5) is 51.2. The van der Waals surface area contributed by atoms with Gasteiger partial charge in [0.05, 0.1) is 87.0 Å². The smallest absolute Gasteiger partial charge is 0.225 e. The summed E-state index contributed by atoms with van der Waals surface area (Å²) in [7, 11) is 3.29. The van der Waals surface area contributed by atoms with E-state index in [1.54, 1.807) is 35.0 Å². The highest BCUT2D eigenvalue weighted by Gasteiger charge is 2.36. The zero-order valence-corrected chi connectivity index (χ0v) is 77.9. The quantitative estimate of drug-likeness (QED) is 0.0297. The van der Waals surface area contributed by atoms with Crippen LogP contribution in [0.1, 0.15) is 315 Å². The van der Waals surface area contributed by atoms with Gasteiger partial charge in [0.15, 0.2) is 0 Å². The van der Waals surface area contributed by atoms with E-state index in [2.05, 4.69) is 81.6 Å². The predicted octanol–water partition coefficient (Wildman–Crippen LogP) is 15.7. The minimum atomic E-state index is -0.695. The highest BCUT2D eigenvalue weighted by molar-refractivity contribution is 5.88. The van der Waals surface area contributed by atoms with Crippen LogP contribution in [0.4, 0.5) is 0 Å². The molecule has 1 unspecified atom stereocenters. The number of benzene rings is 2. The van der Waals surface area contributed by atoms with Crippen molar-refractivity contribution >= 4 is 23.5 Å². The van der Waals surface area contributed by atoms with Gasteiger partial charge in [0.2, 0.25) is 17.7 Å². The number of ether oxygens (including phenoxy) is 2. The Labute approximate surface area is 690 Å². The molecular formula is C93H177N5O15. The molecule has 2 aromatic carbocycles. The van der Waals surface area contributed by atoms with Crippen LogP contribution in [-0.2, 0) is 19.2 Å². The number of piperidine rings is 1. The summed E-state index contributed by atoms with van der Waals surface area (Å²) in [6.07, 6.45) is 3.98. The number of nitrogens with one attached hydrogen (secondary N) is 4. The molecule has 1 aliphatic rings. The third-order valence-electron chi connectivity index (χ3n) is 20.6. The SMILES string of the molecule is CC(C)CN1CCCC([C@@H](O)C(C)(C)C)C1.CC(C)CNC(=O)[C@@H](CC[C@@H](O)C(C)(C)C)[C@H](C)O.CC(C)NC(=O)[C@@H](CC(=O)[C@H](C)C[C@H](O)C(C)(C)C)C(C)C.CCC[C@H](O)[C@H](CC[C@H](C)O)C(=O)NCC(C)C.COc1ccc([C@H](NCC(C)(C)C)[C@H](C)O)cc1.COc1cccc([C@H](CC[C@@H](O)C(C)(C)C)[C@@H](C)O)c1. The second-order valence-electron chi connectivity index (χ2n) is 40.1. The van der Waals surface area contributed by atoms with E-state index in [4.69, 9.17) is 9.47 Å². The topological polar surface area (TPSA) is 320 Å². The maximum Gasteiger partial charge on any atom is 0.225 e. The number of Topliss-reactive ketones (excluding diaryl/α,β-unsaturated/α-hetero) is 1. The van der Waals surface area contributed by atoms with Crippen LogP contribution in [0.2, 0.25) is 0 Å². The summed E-state index contributed by atoms with van der Waals surface area (Å²) in [6.45, 7) is 67.6. The van der Waals surface area contributed by atoms with Gasteiger partial charge in [-0.2, -0.15) is 0 Å². The molecule has 20 nitrogen and oxygen atoms in total. The second-order valence-corrected chi connectivity index (χ2v) is 40.1. The molecule has 1 saturated heterocycles. The maximum atomic E-state index is 12.4. The summed E-state index contributed by atoms with van der Waals surface area (Å²) in [5.74, 6) is 2.14. The minimum absolute atomic E-state index is 0.0158. The molecule has 0 aromatic heterocycles. The molecule has 0 bridgehead atoms. The Morgan fingerprint density at radius 3 is 1.40 bits per heavy atom. The summed E-state index contributed by atoms with van der Waals surface area (Å²) >= 11 is 0. The molecule has 3 rings (SSSR count). The van der Waals surface area contributed by atoms with Crippen LogP contribution in [0.3, 0.4) is 0 Å². The first-order chi connectivity index (χ1) is 51.7. The Hall–Kier alpha value is -4.32. The van der Waals surface area contributed by atoms with Gasteiger partial charge in [-0.3, -0.25) is 19.2 Å². The minimum Gasteiger partial charge on any atom is -0.497 e. The van der Waals surface area contributed by atoms with Gasteiger partial charge < -0.3 is 81.6 Å². The zero-order chi connectivity index (χ0) is 88.4. The van der Waals surface area contributed by atoms with Gasteiger partial charge in [0.25, 0.3) is 0 Å². The number of aliphatic hydroxyl groups excluding tert-OH is 9. The van der Waals surface area contributed by atoms with Crippen LogP contribution in [0.25, 0.3) is 0 Å². The number of carbonyl (C=O) groups excluding carboxylic acids is 4. The first-order valence-electron chi connectivity index (χ1n) is 42.9. The summed E-state index contributed by atoms with van der Waals surface area (Å²) in [5.41, 5.74) is 1.79. The van der Waals surface area contributed by atoms with Crippen LogP contribution in [-0.4, -0.2) is 189 Å². The summed E-state index contributed by atoms with van der Waals surface area (Å²) < 4.78 is 10.4. The van der Waals surface area contributed by atoms with Crippen molar-refractivity contribution in [3.05, 3.63) is 59.7 Å². The Balaban J connectivity index is -0.00000129. The van der Waals surface area contributed by atoms with E-state index in [-0.39, 0.29) is 105 Å². The van der Waals surface area contributed by atoms with E-state index in [1.807, 2.05) is 187 Å². The van der Waals surface area contributed by atoms with Crippen LogP contribution in [0.5, 0.6) is 11.5 Å². The Morgan fingerprint density at radius 1 is 0.513 bits per heavy atom. The normalized spacial score (nSPS) is 17.7. The molecular weight excluding hydrogens is 1430 g/mol. The number of nitrogens with zero attached hydrogens (tertiary/aromatic N) is 1. The van der Waals surface area contributed by atoms with Crippen LogP contribution >= 0.6 is 0 Å². The molecule has 13 N–H and O–H groups in total. The molecule has 0 radical (unpaired) electrons. The fourth-order valence-corrected chi connectivity index (χ4v) is 12.8. The number of rotatable bonds is 38. The van der Waals surface area contributed by atoms with Gasteiger partial charge in [-0.1, -0.05) is 204 Å². The maximum absolute atomic E-state index is 12.4. The number of ketones is 1. The zero-order valence-electron chi connectivity index (χ0n) is 77.9. The first kappa shape index (κ1) is 113. The lowest BCUT2D eigenvalue weighted by Gasteiger charge is -2.40. The molecule has 1 aliphatic heterocycles. The van der Waals surface area contributed by atoms with Crippen molar-refractivity contribution in [2.45, 2.75) is 365 Å². The monoisotopic (exact) mass is 1600 g/mol. The molecule has 664 valence electrons. The van der Waals surface area contributed by atoms with Crippen molar-refractivity contribution in [3.63, 3.8) is 0 Å². The fourth-order valence-electron chi connectivity index (χ4n) is 12.8. The lowest BCUT2D eigenvalue weighted by atomic mass is 9.78. The highest BCUT2D eigenvalue weighted by atomic mass is 16.5. The number of carbonyl (C=O) groups is 4. The first-order valence-corrected chi connectivity index (χ1v) is 42.9. The molecule has 3 amide bonds. The van der Waals surface area contributed by atoms with E-state index in [0.717, 1.165) is 54.5 Å². The van der Waals surface area contributed by atoms with Crippen molar-refractivity contribution in [3.8, 4) is 11.5 Å². The van der Waals surface area contributed by atoms with Crippen molar-refractivity contribution in [2.75, 3.05) is 53.5 Å². The number of hydrogen-bond donors (Lipinski definition) is 13. The standard InChI is InChI=1S/C18H35NO3.C17H28O3.C15H31NO3.C15H25NO2.C14H29NO3.C14H29NO/c1-11(2)14(17(22)19-12(3)4)10-15(20)13(5)9-16(21)18(6,7)8;1-12(18)15(9-10-16(19)17(2,3)4)13-7-6-8-14(11-13)20-5;1-10(2)9-16-14(19)12(11(3)17)7-8-13(18)15(4,5)6;1-11(17)14(16-10-15(2,3)4)12-6-8-13(18-5)9-7-12;1-5-6-13(17)12(8-7-11(4)16)14(18)15-9-10(2)3;1-11(2)9-15-8-6-7-12(10-15)13(16)14(3,4)5/h11-14,16,21H,9-10H2,1-8H3,(H,19,22);6-8,11-12,15-16,18-19H,9-10H2,1-5H3;10-13,17-18H,7-9H2,1-6H3,(H,16,19);6-9,11,14,16-17H,10H2,1-5H3;10-13,16-17H,5-9H2,1-4H3,(H,15,18);11-13,16H,6-10H2,1-5H3/t13-,14+,16+;12-,15-,16-;11-,12-,13+;11-,14+;11-,12-,13-;12?,13-/m110001/s1. The summed E-state index contributed by atoms with van der Waals surface area (Å²) in [5, 5.41) is 102. The number of methoxy groups -OCH3 is 2. The Morgan fingerprint density at radius 2 is 1.00 bits per heavy atom. The van der Waals surface area contributed by atoms with Crippen LogP contribution < -0.4 is 30.7 Å². The van der Waals surface area contributed by atoms with Crippen molar-refractivity contribution in [2.24, 2.45) is 80.3 Å². The molecule has 0 spiro atoms. The average Bonchev–Trinajstić information content (AvgIpc) is 0.861. The van der Waals surface area contributed by atoms with Gasteiger partial charge in [0, 0.05) is 62.9 Å². The molecule has 20 heteroatoms. The summed E-state index contributed by atoms with van der Waals surface area (Å²) in [6, 6.07) is 15.6. The highest BCUT2D eigenvalue weighted by Crippen LogP contribution is 2.35. The molecule has 16 atom stereocenters. The van der Waals surface area contributed by atoms with Gasteiger partial charge in [-0.15, -0.1) is 0 Å². The lowest BCUT2D eigenvalue weighted by molar-refractivity contribution is -0.133.